The lowest BCUT2D eigenvalue weighted by molar-refractivity contribution is -0.111. The number of allylic oxidation sites excluding steroid dienone is 2. The topological polar surface area (TPSA) is 71.1 Å². The molecule has 0 unspecified atom stereocenters. The monoisotopic (exact) mass is 412 g/mol. The molecule has 2 rings (SSSR count). The van der Waals surface area contributed by atoms with E-state index in [4.69, 9.17) is 18.9 Å². The van der Waals surface area contributed by atoms with Crippen LogP contribution >= 0.6 is 0 Å². The number of rotatable bonds is 10. The van der Waals surface area contributed by atoms with E-state index in [9.17, 15) is 9.59 Å². The van der Waals surface area contributed by atoms with Crippen molar-refractivity contribution in [3.05, 3.63) is 53.1 Å². The Morgan fingerprint density at radius 3 is 1.87 bits per heavy atom. The van der Waals surface area contributed by atoms with Crippen LogP contribution in [0.2, 0.25) is 0 Å². The highest BCUT2D eigenvalue weighted by Gasteiger charge is 2.23. The molecule has 160 valence electrons. The van der Waals surface area contributed by atoms with Gasteiger partial charge in [0.2, 0.25) is 0 Å². The normalized spacial score (nSPS) is 11.1. The van der Waals surface area contributed by atoms with Gasteiger partial charge in [0.15, 0.2) is 34.6 Å². The van der Waals surface area contributed by atoms with E-state index in [0.29, 0.717) is 58.5 Å². The van der Waals surface area contributed by atoms with Crippen molar-refractivity contribution < 1.29 is 28.5 Å². The number of hydrogen-bond acceptors (Lipinski definition) is 6. The first-order valence-corrected chi connectivity index (χ1v) is 9.79. The first-order valence-electron chi connectivity index (χ1n) is 9.79. The molecule has 30 heavy (non-hydrogen) atoms. The molecule has 0 heterocycles. The summed E-state index contributed by atoms with van der Waals surface area (Å²) < 4.78 is 22.0. The summed E-state index contributed by atoms with van der Waals surface area (Å²) in [5, 5.41) is 0. The molecule has 0 saturated carbocycles. The highest BCUT2D eigenvalue weighted by atomic mass is 16.5. The molecule has 0 spiro atoms. The highest BCUT2D eigenvalue weighted by molar-refractivity contribution is 6.23. The van der Waals surface area contributed by atoms with Gasteiger partial charge in [-0.25, -0.2) is 0 Å². The van der Waals surface area contributed by atoms with E-state index in [0.717, 1.165) is 0 Å². The average molecular weight is 412 g/mol. The number of ketones is 2. The number of methoxy groups -OCH3 is 2. The Morgan fingerprint density at radius 1 is 0.833 bits per heavy atom. The van der Waals surface area contributed by atoms with Crippen LogP contribution < -0.4 is 18.9 Å². The SMILES string of the molecule is C/C=C(/C(C)=O)c1cc(OCC)c(OCC)cc1C(=O)c1ccc(OC)c(OC)c1. The molecule has 6 nitrogen and oxygen atoms in total. The first kappa shape index (κ1) is 23.0. The molecule has 2 aromatic rings. The zero-order valence-electron chi connectivity index (χ0n) is 18.3. The van der Waals surface area contributed by atoms with Crippen molar-refractivity contribution in [3.63, 3.8) is 0 Å². The second-order valence-electron chi connectivity index (χ2n) is 6.37. The molecule has 0 aliphatic rings. The number of ether oxygens (including phenoxy) is 4. The van der Waals surface area contributed by atoms with Crippen LogP contribution in [0.1, 0.15) is 49.2 Å². The zero-order valence-corrected chi connectivity index (χ0v) is 18.3. The number of benzene rings is 2. The van der Waals surface area contributed by atoms with Gasteiger partial charge in [0.25, 0.3) is 0 Å². The lowest BCUT2D eigenvalue weighted by atomic mass is 9.91. The van der Waals surface area contributed by atoms with E-state index in [1.165, 1.54) is 21.1 Å². The molecule has 0 atom stereocenters. The van der Waals surface area contributed by atoms with Crippen LogP contribution in [0.5, 0.6) is 23.0 Å². The quantitative estimate of drug-likeness (QED) is 0.415. The minimum atomic E-state index is -0.268. The average Bonchev–Trinajstić information content (AvgIpc) is 2.74. The molecule has 0 aliphatic carbocycles. The minimum absolute atomic E-state index is 0.148. The maximum Gasteiger partial charge on any atom is 0.193 e. The number of hydrogen-bond donors (Lipinski definition) is 0. The predicted molar refractivity (Wildman–Crippen MR) is 116 cm³/mol. The molecular formula is C24H28O6. The lowest BCUT2D eigenvalue weighted by Crippen LogP contribution is -2.10. The Kier molecular flexibility index (Phi) is 8.04. The van der Waals surface area contributed by atoms with Crippen LogP contribution in [-0.2, 0) is 4.79 Å². The second-order valence-corrected chi connectivity index (χ2v) is 6.37. The van der Waals surface area contributed by atoms with Crippen molar-refractivity contribution in [2.45, 2.75) is 27.7 Å². The maximum absolute atomic E-state index is 13.5. The van der Waals surface area contributed by atoms with Gasteiger partial charge < -0.3 is 18.9 Å². The summed E-state index contributed by atoms with van der Waals surface area (Å²) in [5.41, 5.74) is 1.68. The van der Waals surface area contributed by atoms with Crippen LogP contribution in [0.15, 0.2) is 36.4 Å². The van der Waals surface area contributed by atoms with Crippen molar-refractivity contribution in [1.82, 2.24) is 0 Å². The lowest BCUT2D eigenvalue weighted by Gasteiger charge is -2.17. The van der Waals surface area contributed by atoms with E-state index in [1.807, 2.05) is 13.8 Å². The Labute approximate surface area is 177 Å². The van der Waals surface area contributed by atoms with E-state index < -0.39 is 0 Å². The van der Waals surface area contributed by atoms with Gasteiger partial charge in [-0.05, 0) is 63.6 Å². The molecule has 0 fully saturated rings. The van der Waals surface area contributed by atoms with Gasteiger partial charge in [0, 0.05) is 16.7 Å². The zero-order chi connectivity index (χ0) is 22.3. The fourth-order valence-corrected chi connectivity index (χ4v) is 3.19. The Morgan fingerprint density at radius 2 is 1.40 bits per heavy atom. The third kappa shape index (κ3) is 4.82. The summed E-state index contributed by atoms with van der Waals surface area (Å²) in [5.74, 6) is 1.48. The molecule has 0 amide bonds. The number of carbonyl (C=O) groups is 2. The van der Waals surface area contributed by atoms with Gasteiger partial charge in [-0.15, -0.1) is 0 Å². The van der Waals surface area contributed by atoms with Gasteiger partial charge in [-0.1, -0.05) is 6.08 Å². The van der Waals surface area contributed by atoms with Crippen LogP contribution in [0.4, 0.5) is 0 Å². The minimum Gasteiger partial charge on any atom is -0.493 e. The van der Waals surface area contributed by atoms with Crippen molar-refractivity contribution >= 4 is 17.1 Å². The maximum atomic E-state index is 13.5. The van der Waals surface area contributed by atoms with Gasteiger partial charge in [0.1, 0.15) is 0 Å². The fraction of sp³-hybridized carbons (Fsp3) is 0.333. The summed E-state index contributed by atoms with van der Waals surface area (Å²) in [7, 11) is 3.04. The molecule has 0 N–H and O–H groups in total. The molecule has 6 heteroatoms. The first-order chi connectivity index (χ1) is 14.4. The molecule has 0 aliphatic heterocycles. The smallest absolute Gasteiger partial charge is 0.193 e. The van der Waals surface area contributed by atoms with Gasteiger partial charge in [-0.2, -0.15) is 0 Å². The third-order valence-corrected chi connectivity index (χ3v) is 4.53. The molecular weight excluding hydrogens is 384 g/mol. The summed E-state index contributed by atoms with van der Waals surface area (Å²) in [6.45, 7) is 7.78. The van der Waals surface area contributed by atoms with Crippen LogP contribution in [0, 0.1) is 0 Å². The molecule has 0 aromatic heterocycles. The second kappa shape index (κ2) is 10.5. The standard InChI is InChI=1S/C24H28O6/c1-7-17(15(4)25)18-13-22(29-8-2)23(30-9-3)14-19(18)24(26)16-10-11-20(27-5)21(12-16)28-6/h7,10-14H,8-9H2,1-6H3/b17-7-. The molecule has 2 aromatic carbocycles. The van der Waals surface area contributed by atoms with E-state index in [1.54, 1.807) is 43.3 Å². The summed E-state index contributed by atoms with van der Waals surface area (Å²) in [4.78, 5) is 25.7. The Balaban J connectivity index is 2.73. The van der Waals surface area contributed by atoms with Crippen LogP contribution in [0.25, 0.3) is 5.57 Å². The van der Waals surface area contributed by atoms with Gasteiger partial charge >= 0.3 is 0 Å². The van der Waals surface area contributed by atoms with Crippen molar-refractivity contribution in [3.8, 4) is 23.0 Å². The molecule has 0 radical (unpaired) electrons. The fourth-order valence-electron chi connectivity index (χ4n) is 3.19. The Bertz CT molecular complexity index is 958. The van der Waals surface area contributed by atoms with E-state index in [2.05, 4.69) is 0 Å². The summed E-state index contributed by atoms with van der Waals surface area (Å²) in [6, 6.07) is 8.28. The largest absolute Gasteiger partial charge is 0.493 e. The third-order valence-electron chi connectivity index (χ3n) is 4.53. The van der Waals surface area contributed by atoms with Gasteiger partial charge in [0.05, 0.1) is 27.4 Å². The number of Topliss-reactive ketones (excluding diaryl/α,β-unsaturated/α-hetero) is 1. The Hall–Kier alpha value is -3.28. The molecule has 0 saturated heterocycles. The predicted octanol–water partition coefficient (Wildman–Crippen LogP) is 4.72. The van der Waals surface area contributed by atoms with Crippen molar-refractivity contribution in [2.24, 2.45) is 0 Å². The van der Waals surface area contributed by atoms with Gasteiger partial charge in [-0.3, -0.25) is 9.59 Å². The molecule has 0 bridgehead atoms. The van der Waals surface area contributed by atoms with Crippen molar-refractivity contribution in [1.29, 1.82) is 0 Å². The highest BCUT2D eigenvalue weighted by Crippen LogP contribution is 2.36. The van der Waals surface area contributed by atoms with E-state index in [-0.39, 0.29) is 11.6 Å². The number of carbonyl (C=O) groups excluding carboxylic acids is 2. The van der Waals surface area contributed by atoms with E-state index >= 15 is 0 Å². The van der Waals surface area contributed by atoms with Crippen molar-refractivity contribution in [2.75, 3.05) is 27.4 Å². The van der Waals surface area contributed by atoms with Crippen LogP contribution in [-0.4, -0.2) is 39.0 Å². The summed E-state index contributed by atoms with van der Waals surface area (Å²) in [6.07, 6.45) is 1.69. The summed E-state index contributed by atoms with van der Waals surface area (Å²) >= 11 is 0. The van der Waals surface area contributed by atoms with Crippen LogP contribution in [0.3, 0.4) is 0 Å².